The van der Waals surface area contributed by atoms with Crippen LogP contribution in [0, 0.1) is 13.8 Å². The molecule has 2 aliphatic heterocycles. The molecule has 0 radical (unpaired) electrons. The molecule has 0 aliphatic carbocycles. The van der Waals surface area contributed by atoms with E-state index in [1.54, 1.807) is 11.1 Å². The van der Waals surface area contributed by atoms with Gasteiger partial charge in [0, 0.05) is 33.0 Å². The fourth-order valence-corrected chi connectivity index (χ4v) is 13.5. The van der Waals surface area contributed by atoms with Gasteiger partial charge in [0.2, 0.25) is 0 Å². The summed E-state index contributed by atoms with van der Waals surface area (Å²) in [6.45, 7) is 11.3. The highest BCUT2D eigenvalue weighted by Crippen LogP contribution is 2.57. The van der Waals surface area contributed by atoms with Crippen molar-refractivity contribution in [3.63, 3.8) is 0 Å². The van der Waals surface area contributed by atoms with Crippen LogP contribution < -0.4 is 4.74 Å². The SMILES string of the molecule is CCCCCCCCCCCCC1(CCCCCCCCCCCC)Oc2cc(C)sc2-c2sc(-c3c4ncc(/C=C5\SC(=S)N(CC)C5=O)nc4c(C)c4nsnc34)cc21. The molecule has 7 rings (SSSR count). The molecule has 61 heavy (non-hydrogen) atoms. The van der Waals surface area contributed by atoms with E-state index in [0.717, 1.165) is 69.5 Å². The molecular weight excluding hydrogens is 851 g/mol. The monoisotopic (exact) mass is 915 g/mol. The Morgan fingerprint density at radius 3 is 1.90 bits per heavy atom. The number of thioether (sulfide) groups is 1. The van der Waals surface area contributed by atoms with Gasteiger partial charge in [-0.3, -0.25) is 14.7 Å². The largest absolute Gasteiger partial charge is 0.481 e. The van der Waals surface area contributed by atoms with Crippen molar-refractivity contribution in [3.05, 3.63) is 44.9 Å². The summed E-state index contributed by atoms with van der Waals surface area (Å²) in [6.07, 6.45) is 32.1. The van der Waals surface area contributed by atoms with E-state index < -0.39 is 0 Å². The molecule has 0 atom stereocenters. The summed E-state index contributed by atoms with van der Waals surface area (Å²) in [4.78, 5) is 30.6. The molecule has 1 fully saturated rings. The van der Waals surface area contributed by atoms with E-state index in [1.165, 1.54) is 159 Å². The number of aryl methyl sites for hydroxylation is 2. The number of carbonyl (C=O) groups excluding carboxylic acids is 1. The second-order valence-electron chi connectivity index (χ2n) is 17.2. The Morgan fingerprint density at radius 2 is 1.31 bits per heavy atom. The first kappa shape index (κ1) is 46.2. The second kappa shape index (κ2) is 22.2. The third kappa shape index (κ3) is 10.8. The van der Waals surface area contributed by atoms with Gasteiger partial charge < -0.3 is 4.74 Å². The van der Waals surface area contributed by atoms with Crippen LogP contribution in [-0.4, -0.2) is 40.4 Å². The van der Waals surface area contributed by atoms with Gasteiger partial charge in [-0.05, 0) is 64.7 Å². The molecule has 2 aliphatic rings. The van der Waals surface area contributed by atoms with Gasteiger partial charge in [-0.1, -0.05) is 153 Å². The highest BCUT2D eigenvalue weighted by molar-refractivity contribution is 8.26. The minimum absolute atomic E-state index is 0.0791. The fraction of sp³-hybridized carbons (Fsp3) is 0.592. The maximum atomic E-state index is 13.1. The van der Waals surface area contributed by atoms with Crippen LogP contribution in [0.2, 0.25) is 0 Å². The first-order chi connectivity index (χ1) is 29.8. The van der Waals surface area contributed by atoms with Gasteiger partial charge >= 0.3 is 0 Å². The number of amides is 1. The summed E-state index contributed by atoms with van der Waals surface area (Å²) in [5, 5.41) is 0. The average Bonchev–Trinajstić information content (AvgIpc) is 4.05. The molecule has 6 heterocycles. The Labute approximate surface area is 386 Å². The minimum Gasteiger partial charge on any atom is -0.481 e. The molecule has 0 N–H and O–H groups in total. The van der Waals surface area contributed by atoms with Crippen LogP contribution in [0.1, 0.15) is 184 Å². The van der Waals surface area contributed by atoms with E-state index in [1.807, 2.05) is 35.7 Å². The van der Waals surface area contributed by atoms with E-state index in [2.05, 4.69) is 39.8 Å². The van der Waals surface area contributed by atoms with Crippen molar-refractivity contribution in [1.29, 1.82) is 0 Å². The van der Waals surface area contributed by atoms with Crippen LogP contribution in [0.25, 0.3) is 48.3 Å². The Balaban J connectivity index is 1.20. The minimum atomic E-state index is -0.381. The number of ether oxygens (including phenoxy) is 1. The van der Waals surface area contributed by atoms with Crippen molar-refractivity contribution in [2.75, 3.05) is 6.54 Å². The number of benzene rings is 1. The average molecular weight is 916 g/mol. The molecular formula is C49H65N5O2S5. The maximum absolute atomic E-state index is 13.1. The van der Waals surface area contributed by atoms with Crippen LogP contribution in [0.5, 0.6) is 5.75 Å². The summed E-state index contributed by atoms with van der Waals surface area (Å²) in [5.74, 6) is 0.972. The quantitative estimate of drug-likeness (QED) is 0.0325. The van der Waals surface area contributed by atoms with Crippen LogP contribution in [0.3, 0.4) is 0 Å². The van der Waals surface area contributed by atoms with Crippen LogP contribution in [0.15, 0.2) is 23.2 Å². The van der Waals surface area contributed by atoms with Gasteiger partial charge in [0.25, 0.3) is 5.91 Å². The molecule has 1 amide bonds. The van der Waals surface area contributed by atoms with E-state index in [9.17, 15) is 4.79 Å². The smallest absolute Gasteiger partial charge is 0.266 e. The van der Waals surface area contributed by atoms with Crippen molar-refractivity contribution in [2.45, 2.75) is 181 Å². The summed E-state index contributed by atoms with van der Waals surface area (Å²) < 4.78 is 17.7. The number of carbonyl (C=O) groups is 1. The first-order valence-corrected chi connectivity index (χ1v) is 27.0. The zero-order chi connectivity index (χ0) is 42.8. The first-order valence-electron chi connectivity index (χ1n) is 23.4. The molecule has 0 spiro atoms. The summed E-state index contributed by atoms with van der Waals surface area (Å²) in [5.41, 5.74) is 6.84. The second-order valence-corrected chi connectivity index (χ2v) is 21.8. The molecule has 0 unspecified atom stereocenters. The van der Waals surface area contributed by atoms with E-state index >= 15 is 0 Å². The van der Waals surface area contributed by atoms with E-state index in [4.69, 9.17) is 35.7 Å². The van der Waals surface area contributed by atoms with Crippen molar-refractivity contribution in [1.82, 2.24) is 23.6 Å². The van der Waals surface area contributed by atoms with Crippen molar-refractivity contribution < 1.29 is 9.53 Å². The number of hydrogen-bond donors (Lipinski definition) is 0. The molecule has 0 bridgehead atoms. The Hall–Kier alpha value is -2.77. The van der Waals surface area contributed by atoms with Crippen LogP contribution in [-0.2, 0) is 10.4 Å². The number of nitrogens with zero attached hydrogens (tertiary/aromatic N) is 5. The van der Waals surface area contributed by atoms with E-state index in [0.29, 0.717) is 21.5 Å². The van der Waals surface area contributed by atoms with Gasteiger partial charge in [-0.2, -0.15) is 8.75 Å². The Bertz CT molecular complexity index is 2280. The highest BCUT2D eigenvalue weighted by Gasteiger charge is 2.43. The van der Waals surface area contributed by atoms with Crippen LogP contribution >= 0.6 is 58.4 Å². The number of thiophene rings is 2. The standard InChI is InChI=1S/C49H65N5O2S5/c1-6-9-11-13-15-17-19-21-23-25-27-49(28-26-24-22-20-18-16-14-12-10-7-2)36-31-38(59-45(36)46-37(56-49)29-33(4)58-46)40-43-41(34(5)42-44(40)53-61-52-42)51-35(32-50-43)30-39-47(55)54(8-3)48(57)60-39/h29-32H,6-28H2,1-5H3/b39-30-. The lowest BCUT2D eigenvalue weighted by atomic mass is 9.81. The Morgan fingerprint density at radius 1 is 0.721 bits per heavy atom. The number of thiocarbonyl (C=S) groups is 1. The van der Waals surface area contributed by atoms with Gasteiger partial charge in [-0.15, -0.1) is 22.7 Å². The summed E-state index contributed by atoms with van der Waals surface area (Å²) >= 11 is 11.8. The number of rotatable bonds is 25. The molecule has 328 valence electrons. The molecule has 4 aromatic heterocycles. The van der Waals surface area contributed by atoms with Gasteiger partial charge in [0.1, 0.15) is 26.7 Å². The third-order valence-corrected chi connectivity index (χ3v) is 16.9. The van der Waals surface area contributed by atoms with Gasteiger partial charge in [-0.25, -0.2) is 4.98 Å². The van der Waals surface area contributed by atoms with Gasteiger partial charge in [0.05, 0.1) is 49.3 Å². The molecule has 7 nitrogen and oxygen atoms in total. The third-order valence-electron chi connectivity index (χ3n) is 12.6. The van der Waals surface area contributed by atoms with E-state index in [-0.39, 0.29) is 11.5 Å². The fourth-order valence-electron chi connectivity index (χ4n) is 9.18. The molecule has 1 saturated heterocycles. The molecule has 5 aromatic rings. The number of likely N-dealkylation sites (N-methyl/N-ethyl adjacent to an activating group) is 1. The Kier molecular flexibility index (Phi) is 16.8. The topological polar surface area (TPSA) is 81.1 Å². The highest BCUT2D eigenvalue weighted by atomic mass is 32.2. The summed E-state index contributed by atoms with van der Waals surface area (Å²) in [7, 11) is 0. The predicted molar refractivity (Wildman–Crippen MR) is 267 cm³/mol. The zero-order valence-electron chi connectivity index (χ0n) is 37.2. The van der Waals surface area contributed by atoms with Crippen molar-refractivity contribution in [3.8, 4) is 25.9 Å². The normalized spacial score (nSPS) is 15.4. The zero-order valence-corrected chi connectivity index (χ0v) is 41.2. The maximum Gasteiger partial charge on any atom is 0.266 e. The summed E-state index contributed by atoms with van der Waals surface area (Å²) in [6, 6.07) is 4.71. The number of hydrogen-bond acceptors (Lipinski definition) is 11. The number of fused-ring (bicyclic) bond motifs is 5. The van der Waals surface area contributed by atoms with Crippen molar-refractivity contribution >= 4 is 96.8 Å². The lowest BCUT2D eigenvalue weighted by Gasteiger charge is -2.38. The molecule has 0 saturated carbocycles. The lowest BCUT2D eigenvalue weighted by Crippen LogP contribution is -2.35. The molecule has 1 aromatic carbocycles. The molecule has 12 heteroatoms. The van der Waals surface area contributed by atoms with Crippen LogP contribution in [0.4, 0.5) is 0 Å². The predicted octanol–water partition coefficient (Wildman–Crippen LogP) is 16.1. The lowest BCUT2D eigenvalue weighted by molar-refractivity contribution is -0.122. The van der Waals surface area contributed by atoms with Crippen molar-refractivity contribution in [2.24, 2.45) is 0 Å². The number of unbranched alkanes of at least 4 members (excludes halogenated alkanes) is 18. The van der Waals surface area contributed by atoms with Gasteiger partial charge in [0.15, 0.2) is 0 Å². The number of aromatic nitrogens is 4.